The molecular formula is C18H18N4O3S. The molecule has 1 aromatic carbocycles. The van der Waals surface area contributed by atoms with Crippen LogP contribution >= 0.6 is 11.3 Å². The van der Waals surface area contributed by atoms with Crippen LogP contribution in [-0.4, -0.2) is 34.9 Å². The Balaban J connectivity index is 1.74. The van der Waals surface area contributed by atoms with Gasteiger partial charge in [0.15, 0.2) is 11.5 Å². The van der Waals surface area contributed by atoms with Crippen molar-refractivity contribution in [3.05, 3.63) is 58.7 Å². The van der Waals surface area contributed by atoms with Gasteiger partial charge in [-0.25, -0.2) is 9.67 Å². The number of benzene rings is 1. The molecule has 26 heavy (non-hydrogen) atoms. The number of aromatic nitrogens is 3. The van der Waals surface area contributed by atoms with E-state index < -0.39 is 0 Å². The number of hydrogen-bond donors (Lipinski definition) is 1. The smallest absolute Gasteiger partial charge is 0.249 e. The van der Waals surface area contributed by atoms with E-state index in [0.717, 1.165) is 10.6 Å². The van der Waals surface area contributed by atoms with E-state index >= 15 is 0 Å². The summed E-state index contributed by atoms with van der Waals surface area (Å²) in [7, 11) is 3.19. The van der Waals surface area contributed by atoms with Gasteiger partial charge in [-0.2, -0.15) is 5.10 Å². The van der Waals surface area contributed by atoms with Gasteiger partial charge in [0.1, 0.15) is 10.8 Å². The molecule has 8 heteroatoms. The maximum Gasteiger partial charge on any atom is 0.249 e. The van der Waals surface area contributed by atoms with Crippen molar-refractivity contribution in [2.75, 3.05) is 19.5 Å². The van der Waals surface area contributed by atoms with E-state index in [9.17, 15) is 4.79 Å². The standard InChI is InChI=1S/C18H18N4O3S/c1-24-14-5-3-4-13(18(14)25-2)12-22-15(8-9-20-22)21-16(23)6-7-17-19-10-11-26-17/h3-11H,12H2,1-2H3,(H,21,23)/b7-6+. The van der Waals surface area contributed by atoms with Crippen molar-refractivity contribution in [1.82, 2.24) is 14.8 Å². The number of para-hydroxylation sites is 1. The van der Waals surface area contributed by atoms with E-state index in [4.69, 9.17) is 9.47 Å². The summed E-state index contributed by atoms with van der Waals surface area (Å²) in [5.74, 6) is 1.63. The van der Waals surface area contributed by atoms with Crippen molar-refractivity contribution < 1.29 is 14.3 Å². The largest absolute Gasteiger partial charge is 0.493 e. The second-order valence-corrected chi connectivity index (χ2v) is 6.15. The highest BCUT2D eigenvalue weighted by molar-refractivity contribution is 7.10. The molecule has 0 aliphatic carbocycles. The van der Waals surface area contributed by atoms with Crippen molar-refractivity contribution in [3.8, 4) is 11.5 Å². The molecule has 0 fully saturated rings. The van der Waals surface area contributed by atoms with Crippen LogP contribution in [0.2, 0.25) is 0 Å². The second-order valence-electron chi connectivity index (χ2n) is 5.22. The molecule has 134 valence electrons. The van der Waals surface area contributed by atoms with Gasteiger partial charge in [0.05, 0.1) is 27.0 Å². The van der Waals surface area contributed by atoms with Crippen LogP contribution in [0.4, 0.5) is 5.82 Å². The van der Waals surface area contributed by atoms with E-state index in [1.807, 2.05) is 23.6 Å². The highest BCUT2D eigenvalue weighted by Crippen LogP contribution is 2.31. The fourth-order valence-corrected chi connectivity index (χ4v) is 2.97. The topological polar surface area (TPSA) is 78.3 Å². The molecule has 2 heterocycles. The molecule has 3 rings (SSSR count). The van der Waals surface area contributed by atoms with Crippen LogP contribution < -0.4 is 14.8 Å². The quantitative estimate of drug-likeness (QED) is 0.647. The predicted octanol–water partition coefficient (Wildman–Crippen LogP) is 3.06. The highest BCUT2D eigenvalue weighted by Gasteiger charge is 2.12. The zero-order valence-corrected chi connectivity index (χ0v) is 15.2. The summed E-state index contributed by atoms with van der Waals surface area (Å²) >= 11 is 1.46. The Morgan fingerprint density at radius 3 is 2.88 bits per heavy atom. The molecular weight excluding hydrogens is 352 g/mol. The number of anilines is 1. The summed E-state index contributed by atoms with van der Waals surface area (Å²) in [6, 6.07) is 7.38. The fourth-order valence-electron chi connectivity index (χ4n) is 2.44. The SMILES string of the molecule is COc1cccc(Cn2nccc2NC(=O)/C=C/c2nccs2)c1OC. The summed E-state index contributed by atoms with van der Waals surface area (Å²) in [4.78, 5) is 16.2. The Kier molecular flexibility index (Phi) is 5.65. The van der Waals surface area contributed by atoms with Gasteiger partial charge < -0.3 is 14.8 Å². The van der Waals surface area contributed by atoms with Crippen LogP contribution in [0, 0.1) is 0 Å². The van der Waals surface area contributed by atoms with Crippen molar-refractivity contribution >= 4 is 29.1 Å². The Labute approximate surface area is 154 Å². The molecule has 0 radical (unpaired) electrons. The van der Waals surface area contributed by atoms with Gasteiger partial charge in [-0.05, 0) is 12.1 Å². The van der Waals surface area contributed by atoms with Crippen LogP contribution in [0.3, 0.4) is 0 Å². The third-order valence-electron chi connectivity index (χ3n) is 3.60. The Morgan fingerprint density at radius 2 is 2.15 bits per heavy atom. The van der Waals surface area contributed by atoms with Crippen LogP contribution in [0.1, 0.15) is 10.6 Å². The molecule has 0 saturated carbocycles. The third kappa shape index (κ3) is 4.09. The summed E-state index contributed by atoms with van der Waals surface area (Å²) < 4.78 is 12.5. The number of nitrogens with zero attached hydrogens (tertiary/aromatic N) is 3. The van der Waals surface area contributed by atoms with Crippen molar-refractivity contribution in [3.63, 3.8) is 0 Å². The average Bonchev–Trinajstić information content (AvgIpc) is 3.32. The van der Waals surface area contributed by atoms with Gasteiger partial charge in [0, 0.05) is 29.3 Å². The van der Waals surface area contributed by atoms with Gasteiger partial charge >= 0.3 is 0 Å². The minimum Gasteiger partial charge on any atom is -0.493 e. The van der Waals surface area contributed by atoms with Crippen LogP contribution in [0.25, 0.3) is 6.08 Å². The molecule has 7 nitrogen and oxygen atoms in total. The summed E-state index contributed by atoms with van der Waals surface area (Å²) in [6.07, 6.45) is 6.44. The van der Waals surface area contributed by atoms with E-state index in [-0.39, 0.29) is 5.91 Å². The van der Waals surface area contributed by atoms with Crippen molar-refractivity contribution in [2.45, 2.75) is 6.54 Å². The monoisotopic (exact) mass is 370 g/mol. The first-order valence-corrected chi connectivity index (χ1v) is 8.69. The van der Waals surface area contributed by atoms with Gasteiger partial charge in [-0.3, -0.25) is 4.79 Å². The lowest BCUT2D eigenvalue weighted by Crippen LogP contribution is -2.14. The first kappa shape index (κ1) is 17.7. The summed E-state index contributed by atoms with van der Waals surface area (Å²) in [6.45, 7) is 0.430. The number of ether oxygens (including phenoxy) is 2. The molecule has 0 bridgehead atoms. The van der Waals surface area contributed by atoms with Crippen LogP contribution in [0.15, 0.2) is 48.1 Å². The number of thiazole rings is 1. The molecule has 0 aliphatic rings. The van der Waals surface area contributed by atoms with Gasteiger partial charge in [0.25, 0.3) is 0 Å². The number of methoxy groups -OCH3 is 2. The lowest BCUT2D eigenvalue weighted by molar-refractivity contribution is -0.111. The zero-order chi connectivity index (χ0) is 18.4. The number of hydrogen-bond acceptors (Lipinski definition) is 6. The normalized spacial score (nSPS) is 10.8. The lowest BCUT2D eigenvalue weighted by atomic mass is 10.2. The van der Waals surface area contributed by atoms with Crippen molar-refractivity contribution in [2.24, 2.45) is 0 Å². The number of carbonyl (C=O) groups is 1. The van der Waals surface area contributed by atoms with Gasteiger partial charge in [-0.15, -0.1) is 11.3 Å². The molecule has 0 saturated heterocycles. The maximum atomic E-state index is 12.1. The minimum atomic E-state index is -0.250. The Hall–Kier alpha value is -3.13. The van der Waals surface area contributed by atoms with Gasteiger partial charge in [-0.1, -0.05) is 12.1 Å². The maximum absolute atomic E-state index is 12.1. The van der Waals surface area contributed by atoms with Crippen LogP contribution in [-0.2, 0) is 11.3 Å². The Morgan fingerprint density at radius 1 is 1.27 bits per heavy atom. The van der Waals surface area contributed by atoms with E-state index in [0.29, 0.717) is 23.9 Å². The number of rotatable bonds is 7. The average molecular weight is 370 g/mol. The zero-order valence-electron chi connectivity index (χ0n) is 14.4. The van der Waals surface area contributed by atoms with E-state index in [2.05, 4.69) is 15.4 Å². The Bertz CT molecular complexity index is 903. The number of carbonyl (C=O) groups excluding carboxylic acids is 1. The molecule has 2 aromatic heterocycles. The molecule has 1 N–H and O–H groups in total. The first-order chi connectivity index (χ1) is 12.7. The molecule has 0 atom stereocenters. The minimum absolute atomic E-state index is 0.250. The lowest BCUT2D eigenvalue weighted by Gasteiger charge is -2.14. The molecule has 0 spiro atoms. The van der Waals surface area contributed by atoms with E-state index in [1.165, 1.54) is 17.4 Å². The second kappa shape index (κ2) is 8.30. The van der Waals surface area contributed by atoms with E-state index in [1.54, 1.807) is 43.4 Å². The summed E-state index contributed by atoms with van der Waals surface area (Å²) in [5.41, 5.74) is 0.893. The first-order valence-electron chi connectivity index (χ1n) is 7.81. The number of amides is 1. The molecule has 0 aliphatic heterocycles. The molecule has 0 unspecified atom stereocenters. The fraction of sp³-hybridized carbons (Fsp3) is 0.167. The predicted molar refractivity (Wildman–Crippen MR) is 101 cm³/mol. The number of nitrogens with one attached hydrogen (secondary N) is 1. The molecule has 3 aromatic rings. The highest BCUT2D eigenvalue weighted by atomic mass is 32.1. The van der Waals surface area contributed by atoms with Gasteiger partial charge in [0.2, 0.25) is 5.91 Å². The molecule has 1 amide bonds. The van der Waals surface area contributed by atoms with Crippen molar-refractivity contribution in [1.29, 1.82) is 0 Å². The summed E-state index contributed by atoms with van der Waals surface area (Å²) in [5, 5.41) is 9.72. The van der Waals surface area contributed by atoms with Crippen LogP contribution in [0.5, 0.6) is 11.5 Å². The third-order valence-corrected chi connectivity index (χ3v) is 4.34.